The predicted octanol–water partition coefficient (Wildman–Crippen LogP) is 1.90. The molecule has 0 bridgehead atoms. The molecule has 1 aromatic carbocycles. The SMILES string of the molecule is Cc1nnc(CN2C(=O)c3cc(S(=O)(=O)NC4(C)CC4)ccc3N3C2=NC[C@H]3C)s1. The number of aryl methyl sites for hydroxylation is 1. The fourth-order valence-corrected chi connectivity index (χ4v) is 5.97. The third-order valence-electron chi connectivity index (χ3n) is 5.65. The van der Waals surface area contributed by atoms with Gasteiger partial charge in [0, 0.05) is 5.54 Å². The van der Waals surface area contributed by atoms with E-state index < -0.39 is 10.0 Å². The van der Waals surface area contributed by atoms with Crippen molar-refractivity contribution in [1.82, 2.24) is 19.8 Å². The van der Waals surface area contributed by atoms with E-state index in [-0.39, 0.29) is 28.9 Å². The summed E-state index contributed by atoms with van der Waals surface area (Å²) >= 11 is 1.42. The van der Waals surface area contributed by atoms with Crippen molar-refractivity contribution in [2.45, 2.75) is 56.6 Å². The van der Waals surface area contributed by atoms with Gasteiger partial charge in [0.15, 0.2) is 0 Å². The third kappa shape index (κ3) is 3.21. The maximum atomic E-state index is 13.4. The van der Waals surface area contributed by atoms with Gasteiger partial charge >= 0.3 is 0 Å². The van der Waals surface area contributed by atoms with Gasteiger partial charge in [-0.15, -0.1) is 10.2 Å². The van der Waals surface area contributed by atoms with Crippen LogP contribution < -0.4 is 9.62 Å². The molecule has 3 aliphatic rings. The molecule has 1 fully saturated rings. The van der Waals surface area contributed by atoms with Crippen LogP contribution in [0.3, 0.4) is 0 Å². The molecule has 1 aliphatic carbocycles. The molecule has 0 spiro atoms. The van der Waals surface area contributed by atoms with Crippen LogP contribution in [-0.4, -0.2) is 53.5 Å². The van der Waals surface area contributed by atoms with Crippen LogP contribution in [0.5, 0.6) is 0 Å². The number of benzene rings is 1. The van der Waals surface area contributed by atoms with Crippen molar-refractivity contribution in [3.63, 3.8) is 0 Å². The molecule has 9 nitrogen and oxygen atoms in total. The topological polar surface area (TPSA) is 108 Å². The lowest BCUT2D eigenvalue weighted by atomic mass is 10.1. The minimum absolute atomic E-state index is 0.0662. The number of nitrogens with zero attached hydrogens (tertiary/aromatic N) is 5. The number of fused-ring (bicyclic) bond motifs is 3. The summed E-state index contributed by atoms with van der Waals surface area (Å²) in [5, 5.41) is 9.69. The molecule has 1 atom stereocenters. The Balaban J connectivity index is 1.55. The maximum absolute atomic E-state index is 13.4. The fraction of sp³-hybridized carbons (Fsp3) is 0.474. The van der Waals surface area contributed by atoms with Crippen LogP contribution in [0, 0.1) is 6.92 Å². The van der Waals surface area contributed by atoms with Gasteiger partial charge in [0.25, 0.3) is 5.91 Å². The van der Waals surface area contributed by atoms with E-state index in [1.165, 1.54) is 17.4 Å². The first-order valence-corrected chi connectivity index (χ1v) is 12.1. The summed E-state index contributed by atoms with van der Waals surface area (Å²) in [6, 6.07) is 4.82. The Morgan fingerprint density at radius 2 is 2.07 bits per heavy atom. The number of aromatic nitrogens is 2. The zero-order chi connectivity index (χ0) is 21.3. The summed E-state index contributed by atoms with van der Waals surface area (Å²) < 4.78 is 28.5. The highest BCUT2D eigenvalue weighted by atomic mass is 32.2. The van der Waals surface area contributed by atoms with Crippen molar-refractivity contribution in [2.24, 2.45) is 4.99 Å². The molecule has 0 radical (unpaired) electrons. The standard InChI is InChI=1S/C19H22N6O3S2/c1-11-9-20-18-24(10-16-22-21-12(2)29-16)17(26)14-8-13(4-5-15(14)25(11)18)30(27,28)23-19(3)6-7-19/h4-5,8,11,23H,6-7,9-10H2,1-3H3/t11-/m1/s1. The number of nitrogens with one attached hydrogen (secondary N) is 1. The van der Waals surface area contributed by atoms with Crippen LogP contribution in [0.1, 0.15) is 47.1 Å². The quantitative estimate of drug-likeness (QED) is 0.752. The monoisotopic (exact) mass is 446 g/mol. The van der Waals surface area contributed by atoms with E-state index in [0.717, 1.165) is 17.8 Å². The third-order valence-corrected chi connectivity index (χ3v) is 8.11. The van der Waals surface area contributed by atoms with Crippen molar-refractivity contribution < 1.29 is 13.2 Å². The number of hydrogen-bond acceptors (Lipinski definition) is 8. The number of amides is 1. The number of hydrogen-bond donors (Lipinski definition) is 1. The molecule has 3 heterocycles. The van der Waals surface area contributed by atoms with Crippen LogP contribution in [0.4, 0.5) is 5.69 Å². The number of aliphatic imine (C=N–C) groups is 1. The van der Waals surface area contributed by atoms with Gasteiger partial charge in [0.05, 0.1) is 35.3 Å². The van der Waals surface area contributed by atoms with Crippen molar-refractivity contribution in [3.8, 4) is 0 Å². The van der Waals surface area contributed by atoms with Crippen molar-refractivity contribution >= 4 is 38.9 Å². The zero-order valence-corrected chi connectivity index (χ0v) is 18.5. The summed E-state index contributed by atoms with van der Waals surface area (Å²) in [6.45, 7) is 6.59. The number of guanidine groups is 1. The Bertz CT molecular complexity index is 1180. The van der Waals surface area contributed by atoms with Crippen molar-refractivity contribution in [2.75, 3.05) is 11.4 Å². The molecule has 1 saturated carbocycles. The van der Waals surface area contributed by atoms with Crippen LogP contribution >= 0.6 is 11.3 Å². The number of sulfonamides is 1. The first-order chi connectivity index (χ1) is 14.2. The number of carbonyl (C=O) groups is 1. The highest BCUT2D eigenvalue weighted by Gasteiger charge is 2.43. The summed E-state index contributed by atoms with van der Waals surface area (Å²) in [6.07, 6.45) is 1.63. The zero-order valence-electron chi connectivity index (χ0n) is 16.9. The van der Waals surface area contributed by atoms with E-state index in [9.17, 15) is 13.2 Å². The predicted molar refractivity (Wildman–Crippen MR) is 113 cm³/mol. The smallest absolute Gasteiger partial charge is 0.263 e. The fourth-order valence-electron chi connectivity index (χ4n) is 3.78. The normalized spacial score (nSPS) is 22.0. The first kappa shape index (κ1) is 19.6. The molecular weight excluding hydrogens is 424 g/mol. The Labute approximate surface area is 178 Å². The van der Waals surface area contributed by atoms with Crippen LogP contribution in [0.2, 0.25) is 0 Å². The van der Waals surface area contributed by atoms with Gasteiger partial charge < -0.3 is 4.90 Å². The van der Waals surface area contributed by atoms with Gasteiger partial charge in [-0.05, 0) is 51.8 Å². The van der Waals surface area contributed by atoms with Crippen LogP contribution in [0.25, 0.3) is 0 Å². The summed E-state index contributed by atoms with van der Waals surface area (Å²) in [7, 11) is -3.71. The number of carbonyl (C=O) groups excluding carboxylic acids is 1. The largest absolute Gasteiger partial charge is 0.307 e. The molecule has 1 aromatic heterocycles. The molecule has 30 heavy (non-hydrogen) atoms. The molecule has 11 heteroatoms. The Hall–Kier alpha value is -2.37. The van der Waals surface area contributed by atoms with Crippen LogP contribution in [0.15, 0.2) is 28.1 Å². The number of anilines is 1. The molecular formula is C19H22N6O3S2. The van der Waals surface area contributed by atoms with E-state index in [4.69, 9.17) is 0 Å². The molecule has 5 rings (SSSR count). The molecule has 0 saturated heterocycles. The van der Waals surface area contributed by atoms with Crippen molar-refractivity contribution in [1.29, 1.82) is 0 Å². The average molecular weight is 447 g/mol. The van der Waals surface area contributed by atoms with Gasteiger partial charge in [-0.25, -0.2) is 13.1 Å². The van der Waals surface area contributed by atoms with Gasteiger partial charge in [-0.3, -0.25) is 14.7 Å². The van der Waals surface area contributed by atoms with Gasteiger partial charge in [-0.1, -0.05) is 11.3 Å². The van der Waals surface area contributed by atoms with Crippen LogP contribution in [-0.2, 0) is 16.6 Å². The van der Waals surface area contributed by atoms with E-state index in [0.29, 0.717) is 28.8 Å². The van der Waals surface area contributed by atoms with Gasteiger partial charge in [-0.2, -0.15) is 0 Å². The molecule has 1 amide bonds. The highest BCUT2D eigenvalue weighted by Crippen LogP contribution is 2.38. The minimum atomic E-state index is -3.71. The van der Waals surface area contributed by atoms with E-state index in [2.05, 4.69) is 19.9 Å². The second-order valence-electron chi connectivity index (χ2n) is 8.31. The Kier molecular flexibility index (Phi) is 4.28. The van der Waals surface area contributed by atoms with Crippen molar-refractivity contribution in [3.05, 3.63) is 33.8 Å². The lowest BCUT2D eigenvalue weighted by Crippen LogP contribution is -2.52. The minimum Gasteiger partial charge on any atom is -0.307 e. The number of rotatable bonds is 5. The lowest BCUT2D eigenvalue weighted by Gasteiger charge is -2.37. The Morgan fingerprint density at radius 1 is 1.30 bits per heavy atom. The molecule has 2 aliphatic heterocycles. The van der Waals surface area contributed by atoms with Gasteiger partial charge in [0.1, 0.15) is 10.0 Å². The first-order valence-electron chi connectivity index (χ1n) is 9.79. The lowest BCUT2D eigenvalue weighted by molar-refractivity contribution is 0.0832. The van der Waals surface area contributed by atoms with E-state index in [1.54, 1.807) is 17.0 Å². The molecule has 158 valence electrons. The summed E-state index contributed by atoms with van der Waals surface area (Å²) in [4.78, 5) is 21.7. The molecule has 1 N–H and O–H groups in total. The summed E-state index contributed by atoms with van der Waals surface area (Å²) in [5.74, 6) is 0.295. The van der Waals surface area contributed by atoms with E-state index in [1.807, 2.05) is 25.7 Å². The van der Waals surface area contributed by atoms with Gasteiger partial charge in [0.2, 0.25) is 16.0 Å². The highest BCUT2D eigenvalue weighted by molar-refractivity contribution is 7.89. The maximum Gasteiger partial charge on any atom is 0.263 e. The van der Waals surface area contributed by atoms with E-state index >= 15 is 0 Å². The average Bonchev–Trinajstić information content (AvgIpc) is 3.07. The molecule has 0 unspecified atom stereocenters. The second-order valence-corrected chi connectivity index (χ2v) is 11.3. The molecule has 2 aromatic rings. The Morgan fingerprint density at radius 3 is 2.73 bits per heavy atom. The summed E-state index contributed by atoms with van der Waals surface area (Å²) in [5.41, 5.74) is 0.654. The second kappa shape index (κ2) is 6.56.